The maximum absolute atomic E-state index is 12.0. The van der Waals surface area contributed by atoms with Crippen molar-refractivity contribution >= 4 is 11.8 Å². The highest BCUT2D eigenvalue weighted by atomic mass is 16.2. The number of likely N-dealkylation sites (N-methyl/N-ethyl adjacent to an activating group) is 2. The molecule has 1 rings (SSSR count). The molecule has 0 unspecified atom stereocenters. The third-order valence-electron chi connectivity index (χ3n) is 2.39. The highest BCUT2D eigenvalue weighted by Crippen LogP contribution is 2.03. The summed E-state index contributed by atoms with van der Waals surface area (Å²) in [5.74, 6) is -0.565. The SMILES string of the molecule is CCN(CC(=O)NC)C(=O)c1ccc(C#N)cn1. The van der Waals surface area contributed by atoms with Crippen LogP contribution in [-0.4, -0.2) is 41.8 Å². The molecule has 1 heterocycles. The van der Waals surface area contributed by atoms with Crippen molar-refractivity contribution in [1.82, 2.24) is 15.2 Å². The van der Waals surface area contributed by atoms with Crippen molar-refractivity contribution < 1.29 is 9.59 Å². The number of hydrogen-bond acceptors (Lipinski definition) is 4. The van der Waals surface area contributed by atoms with Crippen LogP contribution in [0.25, 0.3) is 0 Å². The first kappa shape index (κ1) is 13.6. The fraction of sp³-hybridized carbons (Fsp3) is 0.333. The minimum atomic E-state index is -0.328. The Balaban J connectivity index is 2.83. The van der Waals surface area contributed by atoms with Crippen LogP contribution in [0, 0.1) is 11.3 Å². The Morgan fingerprint density at radius 1 is 1.50 bits per heavy atom. The summed E-state index contributed by atoms with van der Waals surface area (Å²) >= 11 is 0. The zero-order valence-electron chi connectivity index (χ0n) is 10.3. The van der Waals surface area contributed by atoms with Gasteiger partial charge in [-0.15, -0.1) is 0 Å². The lowest BCUT2D eigenvalue weighted by molar-refractivity contribution is -0.121. The van der Waals surface area contributed by atoms with Gasteiger partial charge in [-0.1, -0.05) is 0 Å². The zero-order valence-corrected chi connectivity index (χ0v) is 10.3. The van der Waals surface area contributed by atoms with E-state index in [9.17, 15) is 9.59 Å². The molecular formula is C12H14N4O2. The molecule has 0 saturated heterocycles. The Labute approximate surface area is 105 Å². The first-order chi connectivity index (χ1) is 8.62. The van der Waals surface area contributed by atoms with Gasteiger partial charge in [-0.3, -0.25) is 9.59 Å². The summed E-state index contributed by atoms with van der Waals surface area (Å²) < 4.78 is 0. The van der Waals surface area contributed by atoms with Gasteiger partial charge < -0.3 is 10.2 Å². The molecule has 1 N–H and O–H groups in total. The van der Waals surface area contributed by atoms with Crippen LogP contribution in [0.5, 0.6) is 0 Å². The summed E-state index contributed by atoms with van der Waals surface area (Å²) in [5, 5.41) is 11.1. The molecule has 6 heteroatoms. The maximum atomic E-state index is 12.0. The van der Waals surface area contributed by atoms with E-state index in [1.165, 1.54) is 30.3 Å². The van der Waals surface area contributed by atoms with E-state index in [0.717, 1.165) is 0 Å². The van der Waals surface area contributed by atoms with Crippen LogP contribution in [-0.2, 0) is 4.79 Å². The Morgan fingerprint density at radius 3 is 2.67 bits per heavy atom. The minimum absolute atomic E-state index is 0.00643. The van der Waals surface area contributed by atoms with Crippen molar-refractivity contribution in [2.45, 2.75) is 6.92 Å². The number of nitrogens with one attached hydrogen (secondary N) is 1. The molecule has 0 aliphatic carbocycles. The highest BCUT2D eigenvalue weighted by molar-refractivity contribution is 5.94. The van der Waals surface area contributed by atoms with Gasteiger partial charge in [0.25, 0.3) is 5.91 Å². The van der Waals surface area contributed by atoms with Gasteiger partial charge >= 0.3 is 0 Å². The molecule has 6 nitrogen and oxygen atoms in total. The summed E-state index contributed by atoms with van der Waals surface area (Å²) in [5.41, 5.74) is 0.612. The van der Waals surface area contributed by atoms with E-state index in [-0.39, 0.29) is 24.1 Å². The molecule has 0 radical (unpaired) electrons. The standard InChI is InChI=1S/C12H14N4O2/c1-3-16(8-11(17)14-2)12(18)10-5-4-9(6-13)7-15-10/h4-5,7H,3,8H2,1-2H3,(H,14,17). The van der Waals surface area contributed by atoms with Crippen molar-refractivity contribution in [1.29, 1.82) is 5.26 Å². The van der Waals surface area contributed by atoms with Gasteiger partial charge in [0.05, 0.1) is 12.1 Å². The van der Waals surface area contributed by atoms with E-state index in [2.05, 4.69) is 10.3 Å². The van der Waals surface area contributed by atoms with Crippen molar-refractivity contribution in [2.24, 2.45) is 0 Å². The summed E-state index contributed by atoms with van der Waals surface area (Å²) in [6.45, 7) is 2.19. The molecular weight excluding hydrogens is 232 g/mol. The Kier molecular flexibility index (Phi) is 4.81. The van der Waals surface area contributed by atoms with Gasteiger partial charge in [-0.05, 0) is 19.1 Å². The largest absolute Gasteiger partial charge is 0.358 e. The molecule has 0 aliphatic rings. The molecule has 1 aromatic heterocycles. The highest BCUT2D eigenvalue weighted by Gasteiger charge is 2.17. The molecule has 0 aromatic carbocycles. The molecule has 0 saturated carbocycles. The van der Waals surface area contributed by atoms with Crippen LogP contribution in [0.2, 0.25) is 0 Å². The normalized spacial score (nSPS) is 9.39. The topological polar surface area (TPSA) is 86.1 Å². The van der Waals surface area contributed by atoms with Crippen molar-refractivity contribution in [3.63, 3.8) is 0 Å². The van der Waals surface area contributed by atoms with Gasteiger partial charge in [0.1, 0.15) is 11.8 Å². The van der Waals surface area contributed by atoms with E-state index in [4.69, 9.17) is 5.26 Å². The lowest BCUT2D eigenvalue weighted by atomic mass is 10.2. The van der Waals surface area contributed by atoms with Crippen LogP contribution >= 0.6 is 0 Å². The average Bonchev–Trinajstić information content (AvgIpc) is 2.43. The lowest BCUT2D eigenvalue weighted by Gasteiger charge is -2.19. The fourth-order valence-corrected chi connectivity index (χ4v) is 1.33. The van der Waals surface area contributed by atoms with Crippen LogP contribution in [0.1, 0.15) is 23.0 Å². The quantitative estimate of drug-likeness (QED) is 0.820. The summed E-state index contributed by atoms with van der Waals surface area (Å²) in [7, 11) is 1.51. The molecule has 0 spiro atoms. The lowest BCUT2D eigenvalue weighted by Crippen LogP contribution is -2.39. The van der Waals surface area contributed by atoms with E-state index in [0.29, 0.717) is 12.1 Å². The van der Waals surface area contributed by atoms with Crippen molar-refractivity contribution in [3.8, 4) is 6.07 Å². The molecule has 0 aliphatic heterocycles. The van der Waals surface area contributed by atoms with Crippen molar-refractivity contribution in [2.75, 3.05) is 20.1 Å². The first-order valence-electron chi connectivity index (χ1n) is 5.48. The average molecular weight is 246 g/mol. The van der Waals surface area contributed by atoms with E-state index in [1.54, 1.807) is 6.92 Å². The number of hydrogen-bond donors (Lipinski definition) is 1. The van der Waals surface area contributed by atoms with E-state index in [1.807, 2.05) is 6.07 Å². The molecule has 94 valence electrons. The molecule has 1 aromatic rings. The Hall–Kier alpha value is -2.42. The van der Waals surface area contributed by atoms with Crippen LogP contribution < -0.4 is 5.32 Å². The molecule has 0 atom stereocenters. The van der Waals surface area contributed by atoms with Crippen LogP contribution in [0.3, 0.4) is 0 Å². The third kappa shape index (κ3) is 3.28. The van der Waals surface area contributed by atoms with Gasteiger partial charge in [0, 0.05) is 19.8 Å². The summed E-state index contributed by atoms with van der Waals surface area (Å²) in [6.07, 6.45) is 1.33. The predicted molar refractivity (Wildman–Crippen MR) is 64.6 cm³/mol. The molecule has 2 amide bonds. The van der Waals surface area contributed by atoms with Crippen LogP contribution in [0.4, 0.5) is 0 Å². The molecule has 0 bridgehead atoms. The second-order valence-electron chi connectivity index (χ2n) is 3.54. The fourth-order valence-electron chi connectivity index (χ4n) is 1.33. The van der Waals surface area contributed by atoms with Crippen molar-refractivity contribution in [3.05, 3.63) is 29.6 Å². The Bertz CT molecular complexity index is 476. The monoisotopic (exact) mass is 246 g/mol. The number of carbonyl (C=O) groups is 2. The van der Waals surface area contributed by atoms with E-state index < -0.39 is 0 Å². The summed E-state index contributed by atoms with van der Waals surface area (Å²) in [6, 6.07) is 4.93. The second kappa shape index (κ2) is 6.35. The maximum Gasteiger partial charge on any atom is 0.272 e. The number of rotatable bonds is 4. The number of amides is 2. The predicted octanol–water partition coefficient (Wildman–Crippen LogP) is 0.161. The minimum Gasteiger partial charge on any atom is -0.358 e. The number of aromatic nitrogens is 1. The number of nitriles is 1. The molecule has 0 fully saturated rings. The second-order valence-corrected chi connectivity index (χ2v) is 3.54. The Morgan fingerprint density at radius 2 is 2.22 bits per heavy atom. The van der Waals surface area contributed by atoms with Gasteiger partial charge in [-0.25, -0.2) is 4.98 Å². The first-order valence-corrected chi connectivity index (χ1v) is 5.48. The third-order valence-corrected chi connectivity index (χ3v) is 2.39. The number of pyridine rings is 1. The van der Waals surface area contributed by atoms with Gasteiger partial charge in [0.15, 0.2) is 0 Å². The van der Waals surface area contributed by atoms with Gasteiger partial charge in [0.2, 0.25) is 5.91 Å². The number of carbonyl (C=O) groups excluding carboxylic acids is 2. The molecule has 18 heavy (non-hydrogen) atoms. The summed E-state index contributed by atoms with van der Waals surface area (Å²) in [4.78, 5) is 28.6. The zero-order chi connectivity index (χ0) is 13.5. The van der Waals surface area contributed by atoms with E-state index >= 15 is 0 Å². The number of nitrogens with zero attached hydrogens (tertiary/aromatic N) is 3. The van der Waals surface area contributed by atoms with Gasteiger partial charge in [-0.2, -0.15) is 5.26 Å². The smallest absolute Gasteiger partial charge is 0.272 e. The van der Waals surface area contributed by atoms with Crippen LogP contribution in [0.15, 0.2) is 18.3 Å².